The summed E-state index contributed by atoms with van der Waals surface area (Å²) < 4.78 is 5.84. The van der Waals surface area contributed by atoms with Crippen LogP contribution in [0.3, 0.4) is 0 Å². The minimum absolute atomic E-state index is 0.482. The Kier molecular flexibility index (Phi) is 4.90. The Morgan fingerprint density at radius 1 is 1.17 bits per heavy atom. The van der Waals surface area contributed by atoms with Gasteiger partial charge in [-0.3, -0.25) is 9.69 Å². The van der Waals surface area contributed by atoms with Gasteiger partial charge in [-0.15, -0.1) is 0 Å². The fraction of sp³-hybridized carbons (Fsp3) is 0.278. The number of carbonyl (C=O) groups is 1. The Balaban J connectivity index is 1.70. The molecule has 0 saturated carbocycles. The molecule has 1 fully saturated rings. The van der Waals surface area contributed by atoms with Gasteiger partial charge >= 0.3 is 5.97 Å². The molecule has 0 aromatic heterocycles. The third-order valence-electron chi connectivity index (χ3n) is 3.90. The first-order chi connectivity index (χ1) is 11.2. The summed E-state index contributed by atoms with van der Waals surface area (Å²) in [6.07, 6.45) is 0. The van der Waals surface area contributed by atoms with Crippen LogP contribution in [0.25, 0.3) is 0 Å². The summed E-state index contributed by atoms with van der Waals surface area (Å²) in [5.74, 6) is 0.764. The molecule has 1 heterocycles. The molecule has 0 radical (unpaired) electrons. The van der Waals surface area contributed by atoms with Crippen LogP contribution in [0.2, 0.25) is 0 Å². The SMILES string of the molecule is O=C(O)C1CNCCN1Cc1cccc(Oc2ccccc2)c1. The number of aliphatic carboxylic acids is 1. The van der Waals surface area contributed by atoms with Gasteiger partial charge in [0, 0.05) is 26.2 Å². The van der Waals surface area contributed by atoms with Crippen LogP contribution in [0, 0.1) is 0 Å². The van der Waals surface area contributed by atoms with E-state index in [0.29, 0.717) is 13.1 Å². The smallest absolute Gasteiger partial charge is 0.322 e. The average Bonchev–Trinajstić information content (AvgIpc) is 2.56. The summed E-state index contributed by atoms with van der Waals surface area (Å²) >= 11 is 0. The highest BCUT2D eigenvalue weighted by molar-refractivity contribution is 5.74. The lowest BCUT2D eigenvalue weighted by Gasteiger charge is -2.33. The standard InChI is InChI=1S/C18H20N2O3/c21-18(22)17-12-19-9-10-20(17)13-14-5-4-8-16(11-14)23-15-6-2-1-3-7-15/h1-8,11,17,19H,9-10,12-13H2,(H,21,22). The highest BCUT2D eigenvalue weighted by Gasteiger charge is 2.28. The van der Waals surface area contributed by atoms with Gasteiger partial charge in [0.25, 0.3) is 0 Å². The number of nitrogens with one attached hydrogen (secondary N) is 1. The third-order valence-corrected chi connectivity index (χ3v) is 3.90. The summed E-state index contributed by atoms with van der Waals surface area (Å²) in [6, 6.07) is 16.9. The van der Waals surface area contributed by atoms with Crippen molar-refractivity contribution >= 4 is 5.97 Å². The van der Waals surface area contributed by atoms with Crippen LogP contribution >= 0.6 is 0 Å². The first-order valence-corrected chi connectivity index (χ1v) is 7.72. The number of nitrogens with zero attached hydrogens (tertiary/aromatic N) is 1. The second-order valence-electron chi connectivity index (χ2n) is 5.59. The lowest BCUT2D eigenvalue weighted by molar-refractivity contribution is -0.144. The Labute approximate surface area is 135 Å². The van der Waals surface area contributed by atoms with Crippen LogP contribution < -0.4 is 10.1 Å². The largest absolute Gasteiger partial charge is 0.480 e. The summed E-state index contributed by atoms with van der Waals surface area (Å²) in [5.41, 5.74) is 1.05. The number of hydrogen-bond donors (Lipinski definition) is 2. The van der Waals surface area contributed by atoms with Crippen molar-refractivity contribution in [2.45, 2.75) is 12.6 Å². The predicted octanol–water partition coefficient (Wildman–Crippen LogP) is 2.34. The molecule has 1 aliphatic heterocycles. The molecular weight excluding hydrogens is 292 g/mol. The quantitative estimate of drug-likeness (QED) is 0.887. The van der Waals surface area contributed by atoms with Crippen LogP contribution in [0.1, 0.15) is 5.56 Å². The molecule has 0 amide bonds. The maximum absolute atomic E-state index is 11.4. The lowest BCUT2D eigenvalue weighted by atomic mass is 10.1. The van der Waals surface area contributed by atoms with E-state index in [-0.39, 0.29) is 0 Å². The first-order valence-electron chi connectivity index (χ1n) is 7.72. The summed E-state index contributed by atoms with van der Waals surface area (Å²) in [4.78, 5) is 13.3. The second kappa shape index (κ2) is 7.26. The molecule has 5 heteroatoms. The topological polar surface area (TPSA) is 61.8 Å². The van der Waals surface area contributed by atoms with Gasteiger partial charge < -0.3 is 15.2 Å². The second-order valence-corrected chi connectivity index (χ2v) is 5.59. The molecule has 2 aromatic rings. The van der Waals surface area contributed by atoms with Crippen molar-refractivity contribution in [3.8, 4) is 11.5 Å². The number of piperazine rings is 1. The van der Waals surface area contributed by atoms with Crippen molar-refractivity contribution in [2.24, 2.45) is 0 Å². The maximum Gasteiger partial charge on any atom is 0.322 e. The van der Waals surface area contributed by atoms with E-state index in [4.69, 9.17) is 4.74 Å². The molecule has 2 aromatic carbocycles. The van der Waals surface area contributed by atoms with Crippen LogP contribution in [-0.2, 0) is 11.3 Å². The number of ether oxygens (including phenoxy) is 1. The van der Waals surface area contributed by atoms with Crippen molar-refractivity contribution < 1.29 is 14.6 Å². The third kappa shape index (κ3) is 4.09. The molecule has 1 aliphatic rings. The summed E-state index contributed by atoms with van der Waals surface area (Å²) in [6.45, 7) is 2.62. The van der Waals surface area contributed by atoms with Crippen LogP contribution in [-0.4, -0.2) is 41.7 Å². The Morgan fingerprint density at radius 3 is 2.74 bits per heavy atom. The monoisotopic (exact) mass is 312 g/mol. The lowest BCUT2D eigenvalue weighted by Crippen LogP contribution is -2.54. The number of rotatable bonds is 5. The van der Waals surface area contributed by atoms with Gasteiger partial charge in [0.2, 0.25) is 0 Å². The zero-order chi connectivity index (χ0) is 16.1. The molecule has 3 rings (SSSR count). The van der Waals surface area contributed by atoms with E-state index >= 15 is 0 Å². The predicted molar refractivity (Wildman–Crippen MR) is 87.7 cm³/mol. The molecular formula is C18H20N2O3. The Hall–Kier alpha value is -2.37. The van der Waals surface area contributed by atoms with Crippen molar-refractivity contribution in [1.29, 1.82) is 0 Å². The Morgan fingerprint density at radius 2 is 1.96 bits per heavy atom. The molecule has 0 aliphatic carbocycles. The number of benzene rings is 2. The molecule has 1 saturated heterocycles. The minimum atomic E-state index is -0.783. The zero-order valence-corrected chi connectivity index (χ0v) is 12.8. The van der Waals surface area contributed by atoms with E-state index in [1.54, 1.807) is 0 Å². The molecule has 120 valence electrons. The van der Waals surface area contributed by atoms with Gasteiger partial charge in [-0.25, -0.2) is 0 Å². The van der Waals surface area contributed by atoms with Crippen molar-refractivity contribution in [3.05, 3.63) is 60.2 Å². The van der Waals surface area contributed by atoms with Crippen molar-refractivity contribution in [3.63, 3.8) is 0 Å². The molecule has 0 bridgehead atoms. The van der Waals surface area contributed by atoms with Crippen LogP contribution in [0.15, 0.2) is 54.6 Å². The first kappa shape index (κ1) is 15.5. The number of para-hydroxylation sites is 1. The molecule has 1 unspecified atom stereocenters. The molecule has 0 spiro atoms. The van der Waals surface area contributed by atoms with Gasteiger partial charge in [0.15, 0.2) is 0 Å². The zero-order valence-electron chi connectivity index (χ0n) is 12.8. The van der Waals surface area contributed by atoms with Crippen molar-refractivity contribution in [2.75, 3.05) is 19.6 Å². The molecule has 5 nitrogen and oxygen atoms in total. The van der Waals surface area contributed by atoms with Crippen LogP contribution in [0.5, 0.6) is 11.5 Å². The highest BCUT2D eigenvalue weighted by Crippen LogP contribution is 2.23. The van der Waals surface area contributed by atoms with E-state index in [1.807, 2.05) is 59.5 Å². The van der Waals surface area contributed by atoms with E-state index in [9.17, 15) is 9.90 Å². The summed E-state index contributed by atoms with van der Waals surface area (Å²) in [7, 11) is 0. The van der Waals surface area contributed by atoms with E-state index < -0.39 is 12.0 Å². The van der Waals surface area contributed by atoms with E-state index in [1.165, 1.54) is 0 Å². The van der Waals surface area contributed by atoms with E-state index in [2.05, 4.69) is 5.32 Å². The maximum atomic E-state index is 11.4. The number of hydrogen-bond acceptors (Lipinski definition) is 4. The van der Waals surface area contributed by atoms with Crippen molar-refractivity contribution in [1.82, 2.24) is 10.2 Å². The van der Waals surface area contributed by atoms with Gasteiger partial charge in [-0.2, -0.15) is 0 Å². The molecule has 1 atom stereocenters. The van der Waals surface area contributed by atoms with Gasteiger partial charge in [-0.1, -0.05) is 30.3 Å². The van der Waals surface area contributed by atoms with Gasteiger partial charge in [-0.05, 0) is 29.8 Å². The number of carboxylic acids is 1. The fourth-order valence-electron chi connectivity index (χ4n) is 2.75. The highest BCUT2D eigenvalue weighted by atomic mass is 16.5. The van der Waals surface area contributed by atoms with Crippen LogP contribution in [0.4, 0.5) is 0 Å². The van der Waals surface area contributed by atoms with Gasteiger partial charge in [0.05, 0.1) is 0 Å². The van der Waals surface area contributed by atoms with E-state index in [0.717, 1.165) is 30.2 Å². The molecule has 2 N–H and O–H groups in total. The molecule has 23 heavy (non-hydrogen) atoms. The fourth-order valence-corrected chi connectivity index (χ4v) is 2.75. The van der Waals surface area contributed by atoms with Gasteiger partial charge in [0.1, 0.15) is 17.5 Å². The minimum Gasteiger partial charge on any atom is -0.480 e. The Bertz CT molecular complexity index is 660. The summed E-state index contributed by atoms with van der Waals surface area (Å²) in [5, 5.41) is 12.5. The average molecular weight is 312 g/mol. The normalized spacial score (nSPS) is 18.5. The number of carboxylic acid groups (broad SMARTS) is 1.